The summed E-state index contributed by atoms with van der Waals surface area (Å²) in [4.78, 5) is 0. The van der Waals surface area contributed by atoms with E-state index in [1.54, 1.807) is 0 Å². The Hall–Kier alpha value is 1.69. The summed E-state index contributed by atoms with van der Waals surface area (Å²) in [6.07, 6.45) is 1.90. The van der Waals surface area contributed by atoms with Crippen molar-refractivity contribution in [3.8, 4) is 0 Å². The fourth-order valence-corrected chi connectivity index (χ4v) is 3.68. The van der Waals surface area contributed by atoms with E-state index in [1.165, 1.54) is 0 Å². The molecule has 0 amide bonds. The Morgan fingerprint density at radius 3 is 2.00 bits per heavy atom. The van der Waals surface area contributed by atoms with Crippen molar-refractivity contribution in [2.45, 2.75) is 13.3 Å². The lowest BCUT2D eigenvalue weighted by molar-refractivity contribution is 0.595. The van der Waals surface area contributed by atoms with Crippen LogP contribution in [0.1, 0.15) is 13.3 Å². The molecule has 0 rings (SSSR count). The van der Waals surface area contributed by atoms with Crippen molar-refractivity contribution in [3.05, 3.63) is 0 Å². The SMILES string of the molecule is CCCP(=O)(I)I. The molecule has 0 atom stereocenters. The quantitative estimate of drug-likeness (QED) is 0.554. The zero-order chi connectivity index (χ0) is 5.91. The number of hydrogen-bond donors (Lipinski definition) is 0. The molecular formula is C3H7I2OP. The molecule has 0 aromatic rings. The molecule has 0 fully saturated rings. The molecule has 44 valence electrons. The van der Waals surface area contributed by atoms with Crippen LogP contribution in [0.2, 0.25) is 0 Å². The van der Waals surface area contributed by atoms with E-state index in [0.717, 1.165) is 12.6 Å². The van der Waals surface area contributed by atoms with E-state index in [4.69, 9.17) is 0 Å². The average Bonchev–Trinajstić information content (AvgIpc) is 1.30. The first-order valence-electron chi connectivity index (χ1n) is 2.04. The van der Waals surface area contributed by atoms with Gasteiger partial charge in [-0.1, -0.05) is 6.92 Å². The largest absolute Gasteiger partial charge is 0.302 e. The van der Waals surface area contributed by atoms with E-state index >= 15 is 0 Å². The molecule has 0 aromatic heterocycles. The fraction of sp³-hybridized carbons (Fsp3) is 1.00. The Labute approximate surface area is 70.0 Å². The van der Waals surface area contributed by atoms with Crippen molar-refractivity contribution in [1.29, 1.82) is 0 Å². The highest BCUT2D eigenvalue weighted by Crippen LogP contribution is 2.62. The van der Waals surface area contributed by atoms with Crippen LogP contribution in [0.15, 0.2) is 0 Å². The molecule has 0 aliphatic rings. The molecule has 0 bridgehead atoms. The van der Waals surface area contributed by atoms with E-state index in [-0.39, 0.29) is 0 Å². The van der Waals surface area contributed by atoms with E-state index in [9.17, 15) is 4.57 Å². The van der Waals surface area contributed by atoms with Crippen molar-refractivity contribution in [1.82, 2.24) is 0 Å². The monoisotopic (exact) mass is 344 g/mol. The van der Waals surface area contributed by atoms with Crippen LogP contribution in [0.3, 0.4) is 0 Å². The highest BCUT2D eigenvalue weighted by molar-refractivity contribution is 14.3. The Balaban J connectivity index is 3.36. The first kappa shape index (κ1) is 8.69. The molecule has 0 aliphatic carbocycles. The minimum Gasteiger partial charge on any atom is -0.302 e. The number of hydrogen-bond acceptors (Lipinski definition) is 1. The van der Waals surface area contributed by atoms with Gasteiger partial charge >= 0.3 is 0 Å². The third-order valence-electron chi connectivity index (χ3n) is 0.484. The minimum atomic E-state index is -1.73. The summed E-state index contributed by atoms with van der Waals surface area (Å²) in [6, 6.07) is 0. The maximum Gasteiger partial charge on any atom is 0.198 e. The van der Waals surface area contributed by atoms with Crippen LogP contribution >= 0.6 is 46.5 Å². The molecule has 0 spiro atoms. The third-order valence-corrected chi connectivity index (χ3v) is 4.35. The van der Waals surface area contributed by atoms with E-state index in [2.05, 4.69) is 0 Å². The van der Waals surface area contributed by atoms with Gasteiger partial charge in [0.05, 0.1) is 0 Å². The van der Waals surface area contributed by atoms with Gasteiger partial charge in [-0.25, -0.2) is 0 Å². The first-order valence-corrected chi connectivity index (χ1v) is 9.51. The molecule has 0 radical (unpaired) electrons. The Morgan fingerprint density at radius 2 is 2.00 bits per heavy atom. The maximum atomic E-state index is 10.8. The molecule has 0 saturated carbocycles. The second-order valence-electron chi connectivity index (χ2n) is 1.29. The van der Waals surface area contributed by atoms with Gasteiger partial charge in [-0.3, -0.25) is 0 Å². The molecule has 0 heterocycles. The fourth-order valence-electron chi connectivity index (χ4n) is 0.260. The van der Waals surface area contributed by atoms with Crippen LogP contribution in [0.4, 0.5) is 0 Å². The van der Waals surface area contributed by atoms with Gasteiger partial charge in [-0.2, -0.15) is 0 Å². The standard InChI is InChI=1S/C3H7I2OP/c1-2-3-7(4,5)6/h2-3H2,1H3. The molecule has 0 N–H and O–H groups in total. The number of rotatable bonds is 2. The topological polar surface area (TPSA) is 17.1 Å². The van der Waals surface area contributed by atoms with Gasteiger partial charge in [-0.15, -0.1) is 0 Å². The Morgan fingerprint density at radius 1 is 1.57 bits per heavy atom. The summed E-state index contributed by atoms with van der Waals surface area (Å²) in [5.74, 6) is 0. The van der Waals surface area contributed by atoms with E-state index in [1.807, 2.05) is 51.0 Å². The lowest BCUT2D eigenvalue weighted by Crippen LogP contribution is -1.68. The molecule has 7 heavy (non-hydrogen) atoms. The summed E-state index contributed by atoms with van der Waals surface area (Å²) in [5, 5.41) is 0. The van der Waals surface area contributed by atoms with Crippen molar-refractivity contribution < 1.29 is 4.57 Å². The molecule has 0 aliphatic heterocycles. The van der Waals surface area contributed by atoms with Crippen LogP contribution in [0.5, 0.6) is 0 Å². The van der Waals surface area contributed by atoms with Crippen LogP contribution < -0.4 is 0 Å². The predicted octanol–water partition coefficient (Wildman–Crippen LogP) is 3.46. The molecule has 1 nitrogen and oxygen atoms in total. The summed E-state index contributed by atoms with van der Waals surface area (Å²) >= 11 is 4.04. The zero-order valence-corrected chi connectivity index (χ0v) is 9.24. The van der Waals surface area contributed by atoms with Crippen LogP contribution in [0, 0.1) is 0 Å². The lowest BCUT2D eigenvalue weighted by atomic mass is 10.6. The second-order valence-corrected chi connectivity index (χ2v) is 17.8. The predicted molar refractivity (Wildman–Crippen MR) is 50.8 cm³/mol. The van der Waals surface area contributed by atoms with Crippen LogP contribution in [-0.2, 0) is 4.57 Å². The molecule has 0 unspecified atom stereocenters. The summed E-state index contributed by atoms with van der Waals surface area (Å²) < 4.78 is 9.06. The highest BCUT2D eigenvalue weighted by Gasteiger charge is 2.07. The van der Waals surface area contributed by atoms with E-state index < -0.39 is 2.43 Å². The normalized spacial score (nSPS) is 11.9. The van der Waals surface area contributed by atoms with E-state index in [0.29, 0.717) is 0 Å². The van der Waals surface area contributed by atoms with Gasteiger partial charge < -0.3 is 4.57 Å². The van der Waals surface area contributed by atoms with Crippen molar-refractivity contribution in [2.75, 3.05) is 6.16 Å². The van der Waals surface area contributed by atoms with Gasteiger partial charge in [0.25, 0.3) is 0 Å². The zero-order valence-electron chi connectivity index (χ0n) is 4.03. The Bertz CT molecular complexity index is 86.9. The second kappa shape index (κ2) is 3.67. The van der Waals surface area contributed by atoms with Crippen LogP contribution in [-0.4, -0.2) is 6.16 Å². The van der Waals surface area contributed by atoms with Gasteiger partial charge in [0, 0.05) is 50.2 Å². The highest BCUT2D eigenvalue weighted by atomic mass is 127. The number of halogens is 2. The average molecular weight is 344 g/mol. The molecule has 0 saturated heterocycles. The van der Waals surface area contributed by atoms with Gasteiger partial charge in [0.15, 0.2) is 2.43 Å². The minimum absolute atomic E-state index is 0.869. The summed E-state index contributed by atoms with van der Waals surface area (Å²) in [5.41, 5.74) is 0. The molecule has 0 aromatic carbocycles. The van der Waals surface area contributed by atoms with Crippen molar-refractivity contribution in [2.24, 2.45) is 0 Å². The Kier molecular flexibility index (Phi) is 4.55. The smallest absolute Gasteiger partial charge is 0.198 e. The van der Waals surface area contributed by atoms with Crippen molar-refractivity contribution in [3.63, 3.8) is 0 Å². The van der Waals surface area contributed by atoms with Gasteiger partial charge in [0.2, 0.25) is 0 Å². The lowest BCUT2D eigenvalue weighted by Gasteiger charge is -1.94. The maximum absolute atomic E-state index is 10.8. The summed E-state index contributed by atoms with van der Waals surface area (Å²) in [7, 11) is 0. The van der Waals surface area contributed by atoms with Crippen molar-refractivity contribution >= 4 is 46.5 Å². The summed E-state index contributed by atoms with van der Waals surface area (Å²) in [6.45, 7) is 2.05. The van der Waals surface area contributed by atoms with Crippen LogP contribution in [0.25, 0.3) is 0 Å². The van der Waals surface area contributed by atoms with Gasteiger partial charge in [0.1, 0.15) is 0 Å². The molecular weight excluding hydrogens is 337 g/mol. The van der Waals surface area contributed by atoms with Gasteiger partial charge in [-0.05, 0) is 6.42 Å². The third kappa shape index (κ3) is 7.69. The molecule has 4 heteroatoms. The first-order chi connectivity index (χ1) is 3.06.